The molecule has 0 heterocycles. The van der Waals surface area contributed by atoms with Crippen molar-refractivity contribution in [3.63, 3.8) is 0 Å². The van der Waals surface area contributed by atoms with Crippen LogP contribution in [0.1, 0.15) is 44.1 Å². The van der Waals surface area contributed by atoms with Gasteiger partial charge in [0.2, 0.25) is 0 Å². The van der Waals surface area contributed by atoms with Crippen molar-refractivity contribution in [3.8, 4) is 0 Å². The molecule has 92 valence electrons. The lowest BCUT2D eigenvalue weighted by atomic mass is 9.76. The molecule has 2 aliphatic rings. The molecule has 0 amide bonds. The highest BCUT2D eigenvalue weighted by atomic mass is 79.9. The molecule has 0 aromatic heterocycles. The van der Waals surface area contributed by atoms with E-state index in [4.69, 9.17) is 0 Å². The summed E-state index contributed by atoms with van der Waals surface area (Å²) in [6.07, 6.45) is 5.40. The summed E-state index contributed by atoms with van der Waals surface area (Å²) < 4.78 is 1.21. The summed E-state index contributed by atoms with van der Waals surface area (Å²) in [7, 11) is 0. The Balaban J connectivity index is 1.48. The molecular formula is C15H20BrN. The van der Waals surface area contributed by atoms with Crippen LogP contribution < -0.4 is 5.32 Å². The average Bonchev–Trinajstić information content (AvgIpc) is 3.01. The third-order valence-electron chi connectivity index (χ3n) is 4.35. The van der Waals surface area contributed by atoms with E-state index >= 15 is 0 Å². The Kier molecular flexibility index (Phi) is 3.27. The molecule has 0 aliphatic heterocycles. The minimum atomic E-state index is 0.778. The second-order valence-electron chi connectivity index (χ2n) is 5.60. The number of hydrogen-bond acceptors (Lipinski definition) is 1. The highest BCUT2D eigenvalue weighted by Gasteiger charge is 2.40. The van der Waals surface area contributed by atoms with E-state index in [1.807, 2.05) is 0 Å². The molecule has 0 radical (unpaired) electrons. The topological polar surface area (TPSA) is 12.0 Å². The van der Waals surface area contributed by atoms with Crippen LogP contribution in [0.15, 0.2) is 28.7 Å². The van der Waals surface area contributed by atoms with E-state index in [0.29, 0.717) is 0 Å². The molecule has 1 aromatic rings. The van der Waals surface area contributed by atoms with E-state index < -0.39 is 0 Å². The molecule has 2 fully saturated rings. The molecule has 2 aliphatic carbocycles. The minimum absolute atomic E-state index is 0.778. The highest BCUT2D eigenvalue weighted by Crippen LogP contribution is 2.41. The van der Waals surface area contributed by atoms with Gasteiger partial charge in [-0.05, 0) is 48.8 Å². The zero-order valence-electron chi connectivity index (χ0n) is 10.3. The second-order valence-corrected chi connectivity index (χ2v) is 6.51. The zero-order chi connectivity index (χ0) is 11.8. The second kappa shape index (κ2) is 4.74. The molecule has 2 heteroatoms. The lowest BCUT2D eigenvalue weighted by Gasteiger charge is -2.36. The molecule has 0 bridgehead atoms. The van der Waals surface area contributed by atoms with Crippen molar-refractivity contribution < 1.29 is 0 Å². The van der Waals surface area contributed by atoms with Crippen LogP contribution in [0, 0.1) is 5.92 Å². The fraction of sp³-hybridized carbons (Fsp3) is 0.600. The normalized spacial score (nSPS) is 35.4. The summed E-state index contributed by atoms with van der Waals surface area (Å²) in [5, 5.41) is 3.79. The third-order valence-corrected chi connectivity index (χ3v) is 4.85. The molecule has 1 nitrogen and oxygen atoms in total. The predicted molar refractivity (Wildman–Crippen MR) is 75.2 cm³/mol. The van der Waals surface area contributed by atoms with E-state index in [9.17, 15) is 0 Å². The Bertz CT molecular complexity index is 398. The quantitative estimate of drug-likeness (QED) is 0.882. The maximum atomic E-state index is 3.79. The van der Waals surface area contributed by atoms with Crippen LogP contribution in [0.2, 0.25) is 0 Å². The van der Waals surface area contributed by atoms with Crippen molar-refractivity contribution in [2.75, 3.05) is 0 Å². The molecule has 2 saturated carbocycles. The molecule has 2 atom stereocenters. The molecule has 2 unspecified atom stereocenters. The summed E-state index contributed by atoms with van der Waals surface area (Å²) in [5.74, 6) is 1.75. The lowest BCUT2D eigenvalue weighted by molar-refractivity contribution is 0.284. The number of halogens is 1. The highest BCUT2D eigenvalue weighted by molar-refractivity contribution is 9.10. The standard InChI is InChI=1S/C15H20BrN/c1-2-10-9-15(10)17-14-7-12(8-14)11-4-3-5-13(16)6-11/h3-6,10,12,14-15,17H,2,7-9H2,1H3. The SMILES string of the molecule is CCC1CC1NC1CC(c2cccc(Br)c2)C1. The molecule has 3 rings (SSSR count). The van der Waals surface area contributed by atoms with E-state index in [-0.39, 0.29) is 0 Å². The van der Waals surface area contributed by atoms with Gasteiger partial charge < -0.3 is 5.32 Å². The molecule has 1 aromatic carbocycles. The number of nitrogens with one attached hydrogen (secondary N) is 1. The lowest BCUT2D eigenvalue weighted by Crippen LogP contribution is -2.41. The van der Waals surface area contributed by atoms with Gasteiger partial charge >= 0.3 is 0 Å². The van der Waals surface area contributed by atoms with Crippen LogP contribution in [-0.2, 0) is 0 Å². The predicted octanol–water partition coefficient (Wildman–Crippen LogP) is 4.08. The van der Waals surface area contributed by atoms with Crippen LogP contribution in [0.3, 0.4) is 0 Å². The van der Waals surface area contributed by atoms with Crippen LogP contribution in [0.4, 0.5) is 0 Å². The molecule has 0 spiro atoms. The van der Waals surface area contributed by atoms with Crippen molar-refractivity contribution >= 4 is 15.9 Å². The van der Waals surface area contributed by atoms with Crippen molar-refractivity contribution in [1.29, 1.82) is 0 Å². The number of benzene rings is 1. The number of rotatable bonds is 4. The van der Waals surface area contributed by atoms with Gasteiger partial charge in [0, 0.05) is 16.6 Å². The van der Waals surface area contributed by atoms with E-state index in [2.05, 4.69) is 52.4 Å². The van der Waals surface area contributed by atoms with Crippen molar-refractivity contribution in [2.45, 2.75) is 50.6 Å². The van der Waals surface area contributed by atoms with Gasteiger partial charge in [0.25, 0.3) is 0 Å². The third kappa shape index (κ3) is 2.58. The van der Waals surface area contributed by atoms with Crippen molar-refractivity contribution in [2.24, 2.45) is 5.92 Å². The summed E-state index contributed by atoms with van der Waals surface area (Å²) in [4.78, 5) is 0. The summed E-state index contributed by atoms with van der Waals surface area (Å²) in [5.41, 5.74) is 1.50. The first-order valence-electron chi connectivity index (χ1n) is 6.77. The maximum absolute atomic E-state index is 3.79. The van der Waals surface area contributed by atoms with Gasteiger partial charge in [-0.15, -0.1) is 0 Å². The van der Waals surface area contributed by atoms with Crippen LogP contribution in [0.25, 0.3) is 0 Å². The van der Waals surface area contributed by atoms with Gasteiger partial charge in [-0.2, -0.15) is 0 Å². The molecule has 0 saturated heterocycles. The minimum Gasteiger partial charge on any atom is -0.311 e. The first-order valence-corrected chi connectivity index (χ1v) is 7.57. The van der Waals surface area contributed by atoms with Gasteiger partial charge in [-0.1, -0.05) is 41.4 Å². The van der Waals surface area contributed by atoms with Crippen LogP contribution >= 0.6 is 15.9 Å². The van der Waals surface area contributed by atoms with Gasteiger partial charge in [0.15, 0.2) is 0 Å². The van der Waals surface area contributed by atoms with E-state index in [0.717, 1.165) is 23.9 Å². The Labute approximate surface area is 112 Å². The Hall–Kier alpha value is -0.340. The van der Waals surface area contributed by atoms with Gasteiger partial charge in [-0.25, -0.2) is 0 Å². The zero-order valence-corrected chi connectivity index (χ0v) is 11.9. The van der Waals surface area contributed by atoms with Crippen molar-refractivity contribution in [1.82, 2.24) is 5.32 Å². The molecular weight excluding hydrogens is 274 g/mol. The fourth-order valence-corrected chi connectivity index (χ4v) is 3.41. The summed E-state index contributed by atoms with van der Waals surface area (Å²) in [6.45, 7) is 2.30. The van der Waals surface area contributed by atoms with Crippen LogP contribution in [-0.4, -0.2) is 12.1 Å². The first kappa shape index (κ1) is 11.7. The van der Waals surface area contributed by atoms with E-state index in [1.165, 1.54) is 35.7 Å². The van der Waals surface area contributed by atoms with Crippen LogP contribution in [0.5, 0.6) is 0 Å². The average molecular weight is 294 g/mol. The largest absolute Gasteiger partial charge is 0.311 e. The Morgan fingerprint density at radius 2 is 2.12 bits per heavy atom. The van der Waals surface area contributed by atoms with E-state index in [1.54, 1.807) is 0 Å². The Morgan fingerprint density at radius 3 is 2.76 bits per heavy atom. The monoisotopic (exact) mass is 293 g/mol. The molecule has 17 heavy (non-hydrogen) atoms. The van der Waals surface area contributed by atoms with Gasteiger partial charge in [0.1, 0.15) is 0 Å². The smallest absolute Gasteiger partial charge is 0.0178 e. The number of hydrogen-bond donors (Lipinski definition) is 1. The summed E-state index contributed by atoms with van der Waals surface area (Å²) in [6, 6.07) is 10.4. The Morgan fingerprint density at radius 1 is 1.29 bits per heavy atom. The van der Waals surface area contributed by atoms with Crippen molar-refractivity contribution in [3.05, 3.63) is 34.3 Å². The maximum Gasteiger partial charge on any atom is 0.0178 e. The molecule has 1 N–H and O–H groups in total. The fourth-order valence-electron chi connectivity index (χ4n) is 2.99. The van der Waals surface area contributed by atoms with Gasteiger partial charge in [0.05, 0.1) is 0 Å². The van der Waals surface area contributed by atoms with Gasteiger partial charge in [-0.3, -0.25) is 0 Å². The first-order chi connectivity index (χ1) is 8.26. The summed E-state index contributed by atoms with van der Waals surface area (Å²) >= 11 is 3.55.